The summed E-state index contributed by atoms with van der Waals surface area (Å²) in [6, 6.07) is 5.75. The highest BCUT2D eigenvalue weighted by Gasteiger charge is 2.14. The lowest BCUT2D eigenvalue weighted by Gasteiger charge is -2.05. The number of hydrogen-bond acceptors (Lipinski definition) is 6. The Morgan fingerprint density at radius 1 is 1.24 bits per heavy atom. The van der Waals surface area contributed by atoms with E-state index < -0.39 is 11.9 Å². The van der Waals surface area contributed by atoms with E-state index in [4.69, 9.17) is 9.15 Å². The molecular formula is C14H13NO6. The zero-order valence-electron chi connectivity index (χ0n) is 11.5. The van der Waals surface area contributed by atoms with E-state index in [0.29, 0.717) is 11.1 Å². The highest BCUT2D eigenvalue weighted by Crippen LogP contribution is 2.19. The zero-order valence-corrected chi connectivity index (χ0v) is 11.5. The van der Waals surface area contributed by atoms with Crippen LogP contribution in [0.15, 0.2) is 33.5 Å². The first-order valence-electron chi connectivity index (χ1n) is 6.02. The van der Waals surface area contributed by atoms with Crippen LogP contribution in [0.5, 0.6) is 5.75 Å². The molecule has 0 aliphatic rings. The number of methoxy groups -OCH3 is 2. The third-order valence-corrected chi connectivity index (χ3v) is 2.78. The van der Waals surface area contributed by atoms with Gasteiger partial charge >= 0.3 is 5.97 Å². The summed E-state index contributed by atoms with van der Waals surface area (Å²) < 4.78 is 14.8. The maximum atomic E-state index is 11.9. The number of nitrogens with one attached hydrogen (secondary N) is 1. The quantitative estimate of drug-likeness (QED) is 0.833. The Morgan fingerprint density at radius 2 is 2.00 bits per heavy atom. The lowest BCUT2D eigenvalue weighted by Crippen LogP contribution is -2.30. The summed E-state index contributed by atoms with van der Waals surface area (Å²) in [5, 5.41) is 2.63. The summed E-state index contributed by atoms with van der Waals surface area (Å²) in [4.78, 5) is 34.7. The highest BCUT2D eigenvalue weighted by molar-refractivity contribution is 5.94. The first-order chi connectivity index (χ1) is 10.0. The lowest BCUT2D eigenvalue weighted by molar-refractivity contribution is -0.139. The molecule has 1 aromatic heterocycles. The highest BCUT2D eigenvalue weighted by atomic mass is 16.5. The van der Waals surface area contributed by atoms with Crippen LogP contribution >= 0.6 is 0 Å². The van der Waals surface area contributed by atoms with Gasteiger partial charge in [0.2, 0.25) is 0 Å². The molecule has 0 saturated carbocycles. The van der Waals surface area contributed by atoms with E-state index in [-0.39, 0.29) is 23.3 Å². The molecule has 1 N–H and O–H groups in total. The van der Waals surface area contributed by atoms with Crippen molar-refractivity contribution in [3.8, 4) is 5.75 Å². The summed E-state index contributed by atoms with van der Waals surface area (Å²) in [6.07, 6.45) is 0. The maximum Gasteiger partial charge on any atom is 0.325 e. The number of benzene rings is 1. The second kappa shape index (κ2) is 6.08. The van der Waals surface area contributed by atoms with Crippen molar-refractivity contribution in [1.29, 1.82) is 0 Å². The molecule has 7 heteroatoms. The molecule has 21 heavy (non-hydrogen) atoms. The number of ether oxygens (including phenoxy) is 2. The maximum absolute atomic E-state index is 11.9. The molecule has 0 unspecified atom stereocenters. The summed E-state index contributed by atoms with van der Waals surface area (Å²) >= 11 is 0. The third-order valence-electron chi connectivity index (χ3n) is 2.78. The van der Waals surface area contributed by atoms with Crippen molar-refractivity contribution in [2.45, 2.75) is 0 Å². The predicted molar refractivity (Wildman–Crippen MR) is 73.4 cm³/mol. The van der Waals surface area contributed by atoms with Crippen LogP contribution in [0.25, 0.3) is 11.0 Å². The van der Waals surface area contributed by atoms with Gasteiger partial charge in [0.25, 0.3) is 5.91 Å². The van der Waals surface area contributed by atoms with Gasteiger partial charge in [-0.2, -0.15) is 0 Å². The van der Waals surface area contributed by atoms with Crippen molar-refractivity contribution >= 4 is 22.8 Å². The molecule has 0 aliphatic heterocycles. The molecule has 2 rings (SSSR count). The minimum absolute atomic E-state index is 0.190. The molecule has 0 radical (unpaired) electrons. The van der Waals surface area contributed by atoms with Crippen molar-refractivity contribution in [2.24, 2.45) is 0 Å². The fourth-order valence-corrected chi connectivity index (χ4v) is 1.69. The zero-order chi connectivity index (χ0) is 15.4. The van der Waals surface area contributed by atoms with Crippen LogP contribution < -0.4 is 15.5 Å². The van der Waals surface area contributed by atoms with Crippen molar-refractivity contribution in [1.82, 2.24) is 5.32 Å². The van der Waals surface area contributed by atoms with Gasteiger partial charge in [-0.15, -0.1) is 0 Å². The van der Waals surface area contributed by atoms with Crippen LogP contribution in [-0.4, -0.2) is 32.6 Å². The van der Waals surface area contributed by atoms with E-state index in [0.717, 1.165) is 6.07 Å². The Balaban J connectivity index is 2.34. The van der Waals surface area contributed by atoms with Crippen LogP contribution in [0, 0.1) is 0 Å². The van der Waals surface area contributed by atoms with Crippen LogP contribution in [0.2, 0.25) is 0 Å². The molecular weight excluding hydrogens is 278 g/mol. The molecule has 0 bridgehead atoms. The molecule has 1 heterocycles. The van der Waals surface area contributed by atoms with Crippen LogP contribution in [0.3, 0.4) is 0 Å². The largest absolute Gasteiger partial charge is 0.497 e. The number of hydrogen-bond donors (Lipinski definition) is 1. The van der Waals surface area contributed by atoms with Crippen molar-refractivity contribution in [3.05, 3.63) is 40.2 Å². The van der Waals surface area contributed by atoms with Gasteiger partial charge in [0, 0.05) is 12.1 Å². The smallest absolute Gasteiger partial charge is 0.325 e. The topological polar surface area (TPSA) is 94.8 Å². The Hall–Kier alpha value is -2.83. The molecule has 0 atom stereocenters. The van der Waals surface area contributed by atoms with Gasteiger partial charge in [-0.05, 0) is 12.1 Å². The molecule has 2 aromatic rings. The van der Waals surface area contributed by atoms with E-state index in [1.54, 1.807) is 12.1 Å². The third kappa shape index (κ3) is 3.19. The van der Waals surface area contributed by atoms with E-state index in [9.17, 15) is 14.4 Å². The molecule has 0 spiro atoms. The number of carbonyl (C=O) groups excluding carboxylic acids is 2. The van der Waals surface area contributed by atoms with Gasteiger partial charge in [0.15, 0.2) is 11.2 Å². The summed E-state index contributed by atoms with van der Waals surface area (Å²) in [5.74, 6) is -0.974. The van der Waals surface area contributed by atoms with Gasteiger partial charge in [-0.1, -0.05) is 0 Å². The second-order valence-electron chi connectivity index (χ2n) is 4.10. The average Bonchev–Trinajstić information content (AvgIpc) is 2.51. The predicted octanol–water partition coefficient (Wildman–Crippen LogP) is 0.704. The summed E-state index contributed by atoms with van der Waals surface area (Å²) in [7, 11) is 2.68. The van der Waals surface area contributed by atoms with Crippen LogP contribution in [-0.2, 0) is 9.53 Å². The standard InChI is InChI=1S/C14H13NO6/c1-19-8-3-4-9-10(16)6-12(21-11(9)5-8)14(18)15-7-13(17)20-2/h3-6H,7H2,1-2H3,(H,15,18). The van der Waals surface area contributed by atoms with E-state index >= 15 is 0 Å². The van der Waals surface area contributed by atoms with Crippen molar-refractivity contribution in [2.75, 3.05) is 20.8 Å². The van der Waals surface area contributed by atoms with Crippen LogP contribution in [0.4, 0.5) is 0 Å². The van der Waals surface area contributed by atoms with Gasteiger partial charge < -0.3 is 19.2 Å². The first-order valence-corrected chi connectivity index (χ1v) is 6.02. The summed E-state index contributed by atoms with van der Waals surface area (Å²) in [6.45, 7) is -0.310. The SMILES string of the molecule is COC(=O)CNC(=O)c1cc(=O)c2ccc(OC)cc2o1. The molecule has 110 valence electrons. The number of carbonyl (C=O) groups is 2. The minimum Gasteiger partial charge on any atom is -0.497 e. The van der Waals surface area contributed by atoms with Crippen molar-refractivity contribution < 1.29 is 23.5 Å². The molecule has 0 saturated heterocycles. The number of esters is 1. The Kier molecular flexibility index (Phi) is 4.22. The average molecular weight is 291 g/mol. The number of fused-ring (bicyclic) bond motifs is 1. The van der Waals surface area contributed by atoms with Gasteiger partial charge in [0.1, 0.15) is 17.9 Å². The minimum atomic E-state index is -0.679. The molecule has 1 amide bonds. The Morgan fingerprint density at radius 3 is 2.67 bits per heavy atom. The van der Waals surface area contributed by atoms with Crippen molar-refractivity contribution in [3.63, 3.8) is 0 Å². The molecule has 1 aromatic carbocycles. The molecule has 7 nitrogen and oxygen atoms in total. The number of rotatable bonds is 4. The normalized spacial score (nSPS) is 10.2. The molecule has 0 aliphatic carbocycles. The van der Waals surface area contributed by atoms with Gasteiger partial charge in [-0.3, -0.25) is 14.4 Å². The fraction of sp³-hybridized carbons (Fsp3) is 0.214. The van der Waals surface area contributed by atoms with E-state index in [2.05, 4.69) is 10.1 Å². The Labute approximate surface area is 119 Å². The monoisotopic (exact) mass is 291 g/mol. The van der Waals surface area contributed by atoms with Gasteiger partial charge in [-0.25, -0.2) is 0 Å². The fourth-order valence-electron chi connectivity index (χ4n) is 1.69. The number of amides is 1. The second-order valence-corrected chi connectivity index (χ2v) is 4.10. The van der Waals surface area contributed by atoms with Gasteiger partial charge in [0.05, 0.1) is 19.6 Å². The van der Waals surface area contributed by atoms with Crippen LogP contribution in [0.1, 0.15) is 10.6 Å². The summed E-state index contributed by atoms with van der Waals surface area (Å²) in [5.41, 5.74) is -0.132. The van der Waals surface area contributed by atoms with E-state index in [1.807, 2.05) is 0 Å². The first kappa shape index (κ1) is 14.6. The lowest BCUT2D eigenvalue weighted by atomic mass is 10.2. The van der Waals surface area contributed by atoms with E-state index in [1.165, 1.54) is 20.3 Å². The molecule has 0 fully saturated rings. The Bertz CT molecular complexity index is 749.